The van der Waals surface area contributed by atoms with Crippen LogP contribution in [0.15, 0.2) is 30.5 Å². The van der Waals surface area contributed by atoms with E-state index in [1.165, 1.54) is 23.6 Å². The molecule has 17 heavy (non-hydrogen) atoms. The topological polar surface area (TPSA) is 37.8 Å². The largest absolute Gasteiger partial charge is 0.316 e. The van der Waals surface area contributed by atoms with E-state index >= 15 is 0 Å². The van der Waals surface area contributed by atoms with Crippen molar-refractivity contribution in [1.82, 2.24) is 15.5 Å². The third-order valence-electron chi connectivity index (χ3n) is 3.62. The predicted octanol–water partition coefficient (Wildman–Crippen LogP) is 2.17. The zero-order valence-electron chi connectivity index (χ0n) is 10.1. The van der Waals surface area contributed by atoms with E-state index in [0.29, 0.717) is 6.04 Å². The summed E-state index contributed by atoms with van der Waals surface area (Å²) in [5, 5.41) is 14.2. The summed E-state index contributed by atoms with van der Waals surface area (Å²) in [6.45, 7) is 0. The van der Waals surface area contributed by atoms with Crippen molar-refractivity contribution in [2.75, 3.05) is 7.05 Å². The Balaban J connectivity index is 1.93. The van der Waals surface area contributed by atoms with Crippen LogP contribution in [0.2, 0.25) is 0 Å². The molecule has 1 N–H and O–H groups in total. The van der Waals surface area contributed by atoms with E-state index in [-0.39, 0.29) is 0 Å². The maximum absolute atomic E-state index is 4.31. The van der Waals surface area contributed by atoms with Crippen molar-refractivity contribution >= 4 is 10.8 Å². The van der Waals surface area contributed by atoms with Crippen LogP contribution in [0, 0.1) is 5.92 Å². The minimum absolute atomic E-state index is 0.551. The average molecular weight is 227 g/mol. The summed E-state index contributed by atoms with van der Waals surface area (Å²) in [6, 6.07) is 8.90. The van der Waals surface area contributed by atoms with E-state index in [0.717, 1.165) is 18.0 Å². The number of fused-ring (bicyclic) bond motifs is 1. The van der Waals surface area contributed by atoms with Crippen LogP contribution in [0.1, 0.15) is 18.5 Å². The van der Waals surface area contributed by atoms with Gasteiger partial charge in [0.2, 0.25) is 0 Å². The molecule has 2 aromatic rings. The monoisotopic (exact) mass is 227 g/mol. The fourth-order valence-electron chi connectivity index (χ4n) is 2.45. The van der Waals surface area contributed by atoms with E-state index in [2.05, 4.69) is 33.7 Å². The minimum Gasteiger partial charge on any atom is -0.316 e. The van der Waals surface area contributed by atoms with Gasteiger partial charge in [0.25, 0.3) is 0 Å². The van der Waals surface area contributed by atoms with Gasteiger partial charge in [-0.1, -0.05) is 24.3 Å². The molecule has 1 unspecified atom stereocenters. The average Bonchev–Trinajstić information content (AvgIpc) is 3.20. The van der Waals surface area contributed by atoms with Crippen molar-refractivity contribution in [1.29, 1.82) is 0 Å². The van der Waals surface area contributed by atoms with Gasteiger partial charge in [0, 0.05) is 23.2 Å². The molecule has 1 heterocycles. The standard InChI is InChI=1S/C14H17N3/c1-15-13(10-6-7-10)8-14-12-5-3-2-4-11(12)9-16-17-14/h2-5,9-10,13,15H,6-8H2,1H3. The van der Waals surface area contributed by atoms with E-state index in [4.69, 9.17) is 0 Å². The van der Waals surface area contributed by atoms with Crippen LogP contribution in [0.3, 0.4) is 0 Å². The zero-order valence-corrected chi connectivity index (χ0v) is 10.1. The van der Waals surface area contributed by atoms with Crippen molar-refractivity contribution < 1.29 is 0 Å². The molecule has 0 amide bonds. The van der Waals surface area contributed by atoms with Gasteiger partial charge in [0.05, 0.1) is 11.9 Å². The number of benzene rings is 1. The van der Waals surface area contributed by atoms with E-state index < -0.39 is 0 Å². The van der Waals surface area contributed by atoms with Gasteiger partial charge in [-0.25, -0.2) is 0 Å². The summed E-state index contributed by atoms with van der Waals surface area (Å²) < 4.78 is 0. The number of nitrogens with zero attached hydrogens (tertiary/aromatic N) is 2. The van der Waals surface area contributed by atoms with E-state index in [1.807, 2.05) is 19.3 Å². The third kappa shape index (κ3) is 2.15. The molecule has 1 aromatic heterocycles. The number of nitrogens with one attached hydrogen (secondary N) is 1. The first kappa shape index (κ1) is 10.7. The molecule has 3 rings (SSSR count). The van der Waals surface area contributed by atoms with Gasteiger partial charge in [-0.15, -0.1) is 0 Å². The molecule has 88 valence electrons. The molecule has 0 radical (unpaired) electrons. The van der Waals surface area contributed by atoms with Crippen molar-refractivity contribution in [3.63, 3.8) is 0 Å². The van der Waals surface area contributed by atoms with Crippen molar-refractivity contribution in [2.45, 2.75) is 25.3 Å². The second-order valence-electron chi connectivity index (χ2n) is 4.82. The van der Waals surface area contributed by atoms with Gasteiger partial charge in [0.15, 0.2) is 0 Å². The highest BCUT2D eigenvalue weighted by atomic mass is 15.1. The quantitative estimate of drug-likeness (QED) is 0.870. The Morgan fingerprint density at radius 3 is 2.94 bits per heavy atom. The number of likely N-dealkylation sites (N-methyl/N-ethyl adjacent to an activating group) is 1. The van der Waals surface area contributed by atoms with Crippen molar-refractivity contribution in [3.8, 4) is 0 Å². The number of rotatable bonds is 4. The van der Waals surface area contributed by atoms with E-state index in [9.17, 15) is 0 Å². The Morgan fingerprint density at radius 1 is 1.35 bits per heavy atom. The van der Waals surface area contributed by atoms with Crippen LogP contribution in [0.4, 0.5) is 0 Å². The third-order valence-corrected chi connectivity index (χ3v) is 3.62. The molecule has 1 atom stereocenters. The Kier molecular flexibility index (Phi) is 2.77. The first-order valence-electron chi connectivity index (χ1n) is 6.25. The van der Waals surface area contributed by atoms with Gasteiger partial charge >= 0.3 is 0 Å². The lowest BCUT2D eigenvalue weighted by molar-refractivity contribution is 0.495. The fraction of sp³-hybridized carbons (Fsp3) is 0.429. The molecule has 0 aliphatic heterocycles. The highest BCUT2D eigenvalue weighted by Gasteiger charge is 2.30. The zero-order chi connectivity index (χ0) is 11.7. The molecule has 3 heteroatoms. The molecular weight excluding hydrogens is 210 g/mol. The van der Waals surface area contributed by atoms with E-state index in [1.54, 1.807) is 0 Å². The highest BCUT2D eigenvalue weighted by molar-refractivity contribution is 5.83. The Morgan fingerprint density at radius 2 is 2.18 bits per heavy atom. The first-order chi connectivity index (χ1) is 8.38. The van der Waals surface area contributed by atoms with Crippen LogP contribution >= 0.6 is 0 Å². The van der Waals surface area contributed by atoms with Crippen molar-refractivity contribution in [2.24, 2.45) is 5.92 Å². The molecule has 0 saturated heterocycles. The Hall–Kier alpha value is -1.48. The fourth-order valence-corrected chi connectivity index (χ4v) is 2.45. The summed E-state index contributed by atoms with van der Waals surface area (Å²) in [5.74, 6) is 0.834. The van der Waals surface area contributed by atoms with Crippen molar-refractivity contribution in [3.05, 3.63) is 36.2 Å². The number of hydrogen-bond donors (Lipinski definition) is 1. The van der Waals surface area contributed by atoms with Gasteiger partial charge in [0.1, 0.15) is 0 Å². The summed E-state index contributed by atoms with van der Waals surface area (Å²) in [5.41, 5.74) is 1.12. The SMILES string of the molecule is CNC(Cc1nncc2ccccc12)C1CC1. The molecule has 0 bridgehead atoms. The van der Waals surface area contributed by atoms with Crippen LogP contribution < -0.4 is 5.32 Å². The smallest absolute Gasteiger partial charge is 0.0724 e. The predicted molar refractivity (Wildman–Crippen MR) is 68.8 cm³/mol. The summed E-state index contributed by atoms with van der Waals surface area (Å²) in [4.78, 5) is 0. The molecular formula is C14H17N3. The molecule has 1 aliphatic carbocycles. The van der Waals surface area contributed by atoms with Crippen LogP contribution in [-0.4, -0.2) is 23.3 Å². The second kappa shape index (κ2) is 4.41. The first-order valence-corrected chi connectivity index (χ1v) is 6.25. The van der Waals surface area contributed by atoms with Crippen LogP contribution in [0.5, 0.6) is 0 Å². The summed E-state index contributed by atoms with van der Waals surface area (Å²) in [7, 11) is 2.04. The minimum atomic E-state index is 0.551. The molecule has 1 aromatic carbocycles. The van der Waals surface area contributed by atoms with Crippen LogP contribution in [0.25, 0.3) is 10.8 Å². The lowest BCUT2D eigenvalue weighted by atomic mass is 10.0. The number of aromatic nitrogens is 2. The molecule has 1 fully saturated rings. The molecule has 1 saturated carbocycles. The summed E-state index contributed by atoms with van der Waals surface area (Å²) >= 11 is 0. The second-order valence-corrected chi connectivity index (χ2v) is 4.82. The normalized spacial score (nSPS) is 17.2. The maximum Gasteiger partial charge on any atom is 0.0724 e. The summed E-state index contributed by atoms with van der Waals surface area (Å²) in [6.07, 6.45) is 5.52. The highest BCUT2D eigenvalue weighted by Crippen LogP contribution is 2.34. The Bertz CT molecular complexity index is 514. The van der Waals surface area contributed by atoms with Gasteiger partial charge in [-0.3, -0.25) is 0 Å². The lowest BCUT2D eigenvalue weighted by Crippen LogP contribution is -2.30. The molecule has 3 nitrogen and oxygen atoms in total. The van der Waals surface area contributed by atoms with Gasteiger partial charge in [-0.2, -0.15) is 10.2 Å². The maximum atomic E-state index is 4.31. The van der Waals surface area contributed by atoms with Gasteiger partial charge in [-0.05, 0) is 25.8 Å². The molecule has 1 aliphatic rings. The van der Waals surface area contributed by atoms with Gasteiger partial charge < -0.3 is 5.32 Å². The molecule has 0 spiro atoms. The Labute approximate surface area is 101 Å². The lowest BCUT2D eigenvalue weighted by Gasteiger charge is -2.15. The number of hydrogen-bond acceptors (Lipinski definition) is 3. The van der Waals surface area contributed by atoms with Crippen LogP contribution in [-0.2, 0) is 6.42 Å².